The molecule has 0 aliphatic rings. The number of nitriles is 1. The summed E-state index contributed by atoms with van der Waals surface area (Å²) in [5.41, 5.74) is 0.643. The fraction of sp³-hybridized carbons (Fsp3) is 0.533. The van der Waals surface area contributed by atoms with Gasteiger partial charge in [0.15, 0.2) is 0 Å². The zero-order valence-electron chi connectivity index (χ0n) is 11.5. The molecule has 0 radical (unpaired) electrons. The van der Waals surface area contributed by atoms with Crippen LogP contribution in [0.5, 0.6) is 5.75 Å². The van der Waals surface area contributed by atoms with Crippen LogP contribution in [-0.2, 0) is 0 Å². The quantitative estimate of drug-likeness (QED) is 0.694. The Morgan fingerprint density at radius 3 is 2.89 bits per heavy atom. The number of hydrogen-bond donors (Lipinski definition) is 0. The van der Waals surface area contributed by atoms with E-state index in [2.05, 4.69) is 31.9 Å². The van der Waals surface area contributed by atoms with Crippen molar-refractivity contribution in [2.24, 2.45) is 0 Å². The molecule has 3 heteroatoms. The lowest BCUT2D eigenvalue weighted by Gasteiger charge is -2.23. The van der Waals surface area contributed by atoms with Gasteiger partial charge >= 0.3 is 0 Å². The van der Waals surface area contributed by atoms with Gasteiger partial charge < -0.3 is 9.64 Å². The predicted octanol–water partition coefficient (Wildman–Crippen LogP) is 3.06. The highest BCUT2D eigenvalue weighted by molar-refractivity contribution is 5.36. The van der Waals surface area contributed by atoms with Crippen LogP contribution in [0.2, 0.25) is 0 Å². The van der Waals surface area contributed by atoms with E-state index in [1.54, 1.807) is 12.1 Å². The maximum absolute atomic E-state index is 8.78. The second-order valence-corrected chi connectivity index (χ2v) is 4.58. The number of ether oxygens (including phenoxy) is 1. The lowest BCUT2D eigenvalue weighted by Crippen LogP contribution is -2.30. The second-order valence-electron chi connectivity index (χ2n) is 4.58. The standard InChI is InChI=1S/C15H22N2O/c1-4-13(2)17(3)9-6-10-18-15-8-5-7-14(11-15)12-16/h5,7-8,11,13H,4,6,9-10H2,1-3H3. The van der Waals surface area contributed by atoms with Crippen molar-refractivity contribution >= 4 is 0 Å². The monoisotopic (exact) mass is 246 g/mol. The van der Waals surface area contributed by atoms with E-state index in [9.17, 15) is 0 Å². The Labute approximate surface area is 110 Å². The first kappa shape index (κ1) is 14.5. The van der Waals surface area contributed by atoms with Gasteiger partial charge in [-0.05, 0) is 45.0 Å². The fourth-order valence-electron chi connectivity index (χ4n) is 1.69. The highest BCUT2D eigenvalue weighted by Gasteiger charge is 2.05. The van der Waals surface area contributed by atoms with E-state index >= 15 is 0 Å². The summed E-state index contributed by atoms with van der Waals surface area (Å²) < 4.78 is 5.63. The van der Waals surface area contributed by atoms with Crippen LogP contribution in [0.4, 0.5) is 0 Å². The average molecular weight is 246 g/mol. The van der Waals surface area contributed by atoms with Crippen molar-refractivity contribution in [2.75, 3.05) is 20.2 Å². The summed E-state index contributed by atoms with van der Waals surface area (Å²) in [4.78, 5) is 2.34. The van der Waals surface area contributed by atoms with Crippen LogP contribution >= 0.6 is 0 Å². The van der Waals surface area contributed by atoms with E-state index < -0.39 is 0 Å². The van der Waals surface area contributed by atoms with E-state index in [1.165, 1.54) is 6.42 Å². The summed E-state index contributed by atoms with van der Waals surface area (Å²) in [6, 6.07) is 10.0. The zero-order chi connectivity index (χ0) is 13.4. The van der Waals surface area contributed by atoms with Crippen LogP contribution in [0.25, 0.3) is 0 Å². The van der Waals surface area contributed by atoms with Crippen LogP contribution in [-0.4, -0.2) is 31.1 Å². The largest absolute Gasteiger partial charge is 0.494 e. The van der Waals surface area contributed by atoms with Gasteiger partial charge in [-0.2, -0.15) is 5.26 Å². The molecule has 1 unspecified atom stereocenters. The number of hydrogen-bond acceptors (Lipinski definition) is 3. The third-order valence-electron chi connectivity index (χ3n) is 3.23. The molecule has 1 aromatic carbocycles. The highest BCUT2D eigenvalue weighted by Crippen LogP contribution is 2.12. The van der Waals surface area contributed by atoms with E-state index in [0.29, 0.717) is 18.2 Å². The first-order valence-electron chi connectivity index (χ1n) is 6.50. The van der Waals surface area contributed by atoms with Crippen molar-refractivity contribution < 1.29 is 4.74 Å². The van der Waals surface area contributed by atoms with Crippen molar-refractivity contribution in [1.82, 2.24) is 4.90 Å². The summed E-state index contributed by atoms with van der Waals surface area (Å²) in [5, 5.41) is 8.78. The third kappa shape index (κ3) is 4.77. The summed E-state index contributed by atoms with van der Waals surface area (Å²) in [6.07, 6.45) is 2.17. The second kappa shape index (κ2) is 7.73. The van der Waals surface area contributed by atoms with Gasteiger partial charge in [-0.15, -0.1) is 0 Å². The minimum atomic E-state index is 0.618. The SMILES string of the molecule is CCC(C)N(C)CCCOc1cccc(C#N)c1. The van der Waals surface area contributed by atoms with Crippen molar-refractivity contribution in [1.29, 1.82) is 5.26 Å². The van der Waals surface area contributed by atoms with Gasteiger partial charge in [0, 0.05) is 12.6 Å². The maximum Gasteiger partial charge on any atom is 0.120 e. The highest BCUT2D eigenvalue weighted by atomic mass is 16.5. The number of nitrogens with zero attached hydrogens (tertiary/aromatic N) is 2. The van der Waals surface area contributed by atoms with Gasteiger partial charge in [0.25, 0.3) is 0 Å². The Morgan fingerprint density at radius 2 is 2.22 bits per heavy atom. The van der Waals surface area contributed by atoms with Crippen molar-refractivity contribution in [3.8, 4) is 11.8 Å². The molecule has 0 aliphatic heterocycles. The van der Waals surface area contributed by atoms with E-state index in [-0.39, 0.29) is 0 Å². The number of rotatable bonds is 7. The molecule has 0 aliphatic carbocycles. The molecule has 1 atom stereocenters. The Balaban J connectivity index is 2.27. The lowest BCUT2D eigenvalue weighted by atomic mass is 10.2. The molecule has 1 aromatic rings. The molecule has 98 valence electrons. The Hall–Kier alpha value is -1.53. The average Bonchev–Trinajstić information content (AvgIpc) is 2.42. The molecular formula is C15H22N2O. The first-order valence-corrected chi connectivity index (χ1v) is 6.50. The molecule has 0 aromatic heterocycles. The fourth-order valence-corrected chi connectivity index (χ4v) is 1.69. The number of benzene rings is 1. The molecule has 0 N–H and O–H groups in total. The molecular weight excluding hydrogens is 224 g/mol. The molecule has 0 bridgehead atoms. The summed E-state index contributed by atoms with van der Waals surface area (Å²) in [7, 11) is 2.14. The topological polar surface area (TPSA) is 36.3 Å². The van der Waals surface area contributed by atoms with Gasteiger partial charge in [0.2, 0.25) is 0 Å². The van der Waals surface area contributed by atoms with Crippen molar-refractivity contribution in [2.45, 2.75) is 32.7 Å². The third-order valence-corrected chi connectivity index (χ3v) is 3.23. The lowest BCUT2D eigenvalue weighted by molar-refractivity contribution is 0.220. The Bertz CT molecular complexity index is 398. The summed E-state index contributed by atoms with van der Waals surface area (Å²) >= 11 is 0. The van der Waals surface area contributed by atoms with Crippen LogP contribution in [0.15, 0.2) is 24.3 Å². The molecule has 0 fully saturated rings. The molecule has 0 saturated carbocycles. The van der Waals surface area contributed by atoms with Gasteiger partial charge in [0.1, 0.15) is 5.75 Å². The Kier molecular flexibility index (Phi) is 6.24. The van der Waals surface area contributed by atoms with Crippen LogP contribution in [0.3, 0.4) is 0 Å². The van der Waals surface area contributed by atoms with Gasteiger partial charge in [-0.3, -0.25) is 0 Å². The molecule has 0 amide bonds. The Morgan fingerprint density at radius 1 is 1.44 bits per heavy atom. The van der Waals surface area contributed by atoms with Gasteiger partial charge in [-0.25, -0.2) is 0 Å². The van der Waals surface area contributed by atoms with Gasteiger partial charge in [-0.1, -0.05) is 13.0 Å². The van der Waals surface area contributed by atoms with Crippen LogP contribution in [0, 0.1) is 11.3 Å². The van der Waals surface area contributed by atoms with E-state index in [4.69, 9.17) is 10.00 Å². The molecule has 18 heavy (non-hydrogen) atoms. The minimum Gasteiger partial charge on any atom is -0.494 e. The van der Waals surface area contributed by atoms with Crippen molar-refractivity contribution in [3.63, 3.8) is 0 Å². The maximum atomic E-state index is 8.78. The predicted molar refractivity (Wildman–Crippen MR) is 73.7 cm³/mol. The molecule has 0 heterocycles. The van der Waals surface area contributed by atoms with E-state index in [0.717, 1.165) is 18.7 Å². The zero-order valence-corrected chi connectivity index (χ0v) is 11.5. The summed E-state index contributed by atoms with van der Waals surface area (Å²) in [5.74, 6) is 0.778. The van der Waals surface area contributed by atoms with E-state index in [1.807, 2.05) is 12.1 Å². The molecule has 1 rings (SSSR count). The minimum absolute atomic E-state index is 0.618. The molecule has 3 nitrogen and oxygen atoms in total. The first-order chi connectivity index (χ1) is 8.67. The van der Waals surface area contributed by atoms with Crippen LogP contribution in [0.1, 0.15) is 32.3 Å². The molecule has 0 spiro atoms. The normalized spacial score (nSPS) is 12.2. The van der Waals surface area contributed by atoms with Crippen LogP contribution < -0.4 is 4.74 Å². The molecule has 0 saturated heterocycles. The van der Waals surface area contributed by atoms with Crippen molar-refractivity contribution in [3.05, 3.63) is 29.8 Å². The van der Waals surface area contributed by atoms with Gasteiger partial charge in [0.05, 0.1) is 18.2 Å². The summed E-state index contributed by atoms with van der Waals surface area (Å²) in [6.45, 7) is 6.16. The smallest absolute Gasteiger partial charge is 0.120 e.